The second-order valence-electron chi connectivity index (χ2n) is 2.01. The molecule has 0 aliphatic heterocycles. The minimum absolute atomic E-state index is 0.253. The minimum Gasteiger partial charge on any atom is -0.206 e. The van der Waals surface area contributed by atoms with E-state index >= 15 is 0 Å². The van der Waals surface area contributed by atoms with E-state index in [0.29, 0.717) is 4.47 Å². The van der Waals surface area contributed by atoms with Crippen LogP contribution in [0.3, 0.4) is 0 Å². The zero-order chi connectivity index (χ0) is 7.56. The van der Waals surface area contributed by atoms with Crippen LogP contribution in [0.15, 0.2) is 16.6 Å². The van der Waals surface area contributed by atoms with E-state index in [9.17, 15) is 4.39 Å². The molecule has 0 spiro atoms. The summed E-state index contributed by atoms with van der Waals surface area (Å²) in [4.78, 5) is 0. The Balaban J connectivity index is 3.04. The maximum atomic E-state index is 12.6. The van der Waals surface area contributed by atoms with Gasteiger partial charge in [0, 0.05) is 0 Å². The van der Waals surface area contributed by atoms with Crippen molar-refractivity contribution < 1.29 is 4.39 Å². The Kier molecular flexibility index (Phi) is 2.44. The van der Waals surface area contributed by atoms with Gasteiger partial charge in [-0.2, -0.15) is 0 Å². The fourth-order valence-corrected chi connectivity index (χ4v) is 1.08. The molecule has 1 rings (SSSR count). The predicted molar refractivity (Wildman–Crippen MR) is 42.3 cm³/mol. The Labute approximate surface area is 68.2 Å². The van der Waals surface area contributed by atoms with Crippen molar-refractivity contribution in [3.05, 3.63) is 34.1 Å². The molecule has 53 valence electrons. The maximum absolute atomic E-state index is 12.6. The minimum atomic E-state index is -0.253. The molecule has 1 aromatic rings. The van der Waals surface area contributed by atoms with Crippen molar-refractivity contribution in [1.29, 1.82) is 0 Å². The Hall–Kier alpha value is -0.370. The first-order valence-corrected chi connectivity index (χ1v) is 3.89. The average Bonchev–Trinajstić information content (AvgIpc) is 1.95. The summed E-state index contributed by atoms with van der Waals surface area (Å²) in [5, 5.41) is 0. The third-order valence-corrected chi connectivity index (χ3v) is 1.90. The van der Waals surface area contributed by atoms with Crippen LogP contribution in [0.4, 0.5) is 4.39 Å². The van der Waals surface area contributed by atoms with Crippen LogP contribution in [0.5, 0.6) is 0 Å². The third-order valence-electron chi connectivity index (χ3n) is 1.29. The molecule has 0 unspecified atom stereocenters. The lowest BCUT2D eigenvalue weighted by atomic mass is 10.2. The highest BCUT2D eigenvalue weighted by Crippen LogP contribution is 2.16. The van der Waals surface area contributed by atoms with E-state index in [0.717, 1.165) is 12.0 Å². The Morgan fingerprint density at radius 3 is 2.90 bits per heavy atom. The summed E-state index contributed by atoms with van der Waals surface area (Å²) in [6.45, 7) is 2.01. The van der Waals surface area contributed by atoms with Gasteiger partial charge in [-0.1, -0.05) is 6.92 Å². The molecule has 0 amide bonds. The molecule has 0 aliphatic carbocycles. The van der Waals surface area contributed by atoms with Crippen LogP contribution in [0, 0.1) is 11.9 Å². The molecule has 0 saturated carbocycles. The van der Waals surface area contributed by atoms with E-state index in [2.05, 4.69) is 22.0 Å². The van der Waals surface area contributed by atoms with Crippen molar-refractivity contribution >= 4 is 15.9 Å². The summed E-state index contributed by atoms with van der Waals surface area (Å²) in [5.41, 5.74) is 1.02. The van der Waals surface area contributed by atoms with Gasteiger partial charge in [-0.25, -0.2) is 4.39 Å². The van der Waals surface area contributed by atoms with Crippen LogP contribution < -0.4 is 0 Å². The predicted octanol–water partition coefficient (Wildman–Crippen LogP) is 2.95. The maximum Gasteiger partial charge on any atom is 0.138 e. The molecule has 1 radical (unpaired) electrons. The second-order valence-corrected chi connectivity index (χ2v) is 2.86. The molecule has 0 atom stereocenters. The van der Waals surface area contributed by atoms with Gasteiger partial charge in [-0.3, -0.25) is 0 Å². The molecule has 2 heteroatoms. The summed E-state index contributed by atoms with van der Waals surface area (Å²) < 4.78 is 13.1. The second kappa shape index (κ2) is 3.15. The highest BCUT2D eigenvalue weighted by atomic mass is 79.9. The molecular formula is C8H7BrF. The summed E-state index contributed by atoms with van der Waals surface area (Å²) in [6.07, 6.45) is 0.888. The molecule has 0 nitrogen and oxygen atoms in total. The lowest BCUT2D eigenvalue weighted by Gasteiger charge is -1.96. The zero-order valence-corrected chi connectivity index (χ0v) is 7.20. The van der Waals surface area contributed by atoms with E-state index in [-0.39, 0.29) is 5.82 Å². The number of hydrogen-bond donors (Lipinski definition) is 0. The molecule has 1 aromatic carbocycles. The molecular weight excluding hydrogens is 195 g/mol. The van der Waals surface area contributed by atoms with Gasteiger partial charge in [-0.15, -0.1) is 0 Å². The van der Waals surface area contributed by atoms with E-state index in [1.54, 1.807) is 6.07 Å². The topological polar surface area (TPSA) is 0 Å². The molecule has 0 bridgehead atoms. The smallest absolute Gasteiger partial charge is 0.138 e. The molecule has 0 heterocycles. The van der Waals surface area contributed by atoms with Crippen LogP contribution in [-0.2, 0) is 6.42 Å². The number of halogens is 2. The van der Waals surface area contributed by atoms with Crippen molar-refractivity contribution in [3.63, 3.8) is 0 Å². The fourth-order valence-electron chi connectivity index (χ4n) is 0.693. The van der Waals surface area contributed by atoms with Gasteiger partial charge in [0.25, 0.3) is 0 Å². The summed E-state index contributed by atoms with van der Waals surface area (Å²) in [5.74, 6) is -0.253. The van der Waals surface area contributed by atoms with Gasteiger partial charge in [0.15, 0.2) is 0 Å². The third kappa shape index (κ3) is 1.57. The molecule has 0 fully saturated rings. The summed E-state index contributed by atoms with van der Waals surface area (Å²) in [6, 6.07) is 5.92. The lowest BCUT2D eigenvalue weighted by molar-refractivity contribution is 0.620. The van der Waals surface area contributed by atoms with Gasteiger partial charge in [0.1, 0.15) is 5.82 Å². The van der Waals surface area contributed by atoms with Crippen molar-refractivity contribution in [3.8, 4) is 0 Å². The zero-order valence-electron chi connectivity index (χ0n) is 5.62. The lowest BCUT2D eigenvalue weighted by Crippen LogP contribution is -1.82. The van der Waals surface area contributed by atoms with Gasteiger partial charge < -0.3 is 0 Å². The molecule has 0 N–H and O–H groups in total. The quantitative estimate of drug-likeness (QED) is 0.656. The van der Waals surface area contributed by atoms with Crippen molar-refractivity contribution in [2.45, 2.75) is 13.3 Å². The van der Waals surface area contributed by atoms with E-state index in [4.69, 9.17) is 0 Å². The van der Waals surface area contributed by atoms with Gasteiger partial charge in [-0.05, 0) is 46.1 Å². The standard InChI is InChI=1S/C8H7BrF/c1-2-6-3-4-8(10)7(9)5-6/h4-5H,2H2,1H3. The number of benzene rings is 1. The molecule has 0 aliphatic rings. The highest BCUT2D eigenvalue weighted by molar-refractivity contribution is 9.10. The first kappa shape index (κ1) is 7.73. The van der Waals surface area contributed by atoms with Crippen molar-refractivity contribution in [2.75, 3.05) is 0 Å². The summed E-state index contributed by atoms with van der Waals surface area (Å²) >= 11 is 3.09. The fraction of sp³-hybridized carbons (Fsp3) is 0.250. The average molecular weight is 202 g/mol. The molecule has 10 heavy (non-hydrogen) atoms. The van der Waals surface area contributed by atoms with Crippen LogP contribution in [-0.4, -0.2) is 0 Å². The molecule has 0 aromatic heterocycles. The van der Waals surface area contributed by atoms with Gasteiger partial charge >= 0.3 is 0 Å². The van der Waals surface area contributed by atoms with Crippen molar-refractivity contribution in [2.24, 2.45) is 0 Å². The van der Waals surface area contributed by atoms with Gasteiger partial charge in [0.2, 0.25) is 0 Å². The monoisotopic (exact) mass is 201 g/mol. The van der Waals surface area contributed by atoms with Gasteiger partial charge in [0.05, 0.1) is 4.47 Å². The first-order chi connectivity index (χ1) is 4.74. The van der Waals surface area contributed by atoms with E-state index in [1.165, 1.54) is 6.07 Å². The van der Waals surface area contributed by atoms with E-state index < -0.39 is 0 Å². The Bertz CT molecular complexity index is 233. The normalized spacial score (nSPS) is 9.90. The Morgan fingerprint density at radius 1 is 1.70 bits per heavy atom. The number of rotatable bonds is 1. The van der Waals surface area contributed by atoms with E-state index in [1.807, 2.05) is 6.92 Å². The van der Waals surface area contributed by atoms with Crippen LogP contribution in [0.2, 0.25) is 0 Å². The molecule has 0 saturated heterocycles. The number of aryl methyl sites for hydroxylation is 1. The number of hydrogen-bond acceptors (Lipinski definition) is 0. The largest absolute Gasteiger partial charge is 0.206 e. The highest BCUT2D eigenvalue weighted by Gasteiger charge is 1.97. The van der Waals surface area contributed by atoms with Crippen LogP contribution >= 0.6 is 15.9 Å². The van der Waals surface area contributed by atoms with Crippen molar-refractivity contribution in [1.82, 2.24) is 0 Å². The first-order valence-electron chi connectivity index (χ1n) is 3.09. The Morgan fingerprint density at radius 2 is 2.40 bits per heavy atom. The SMILES string of the molecule is CCc1[c]cc(F)c(Br)c1. The van der Waals surface area contributed by atoms with Crippen LogP contribution in [0.25, 0.3) is 0 Å². The van der Waals surface area contributed by atoms with Crippen LogP contribution in [0.1, 0.15) is 12.5 Å². The summed E-state index contributed by atoms with van der Waals surface area (Å²) in [7, 11) is 0.